The van der Waals surface area contributed by atoms with Crippen LogP contribution < -0.4 is 5.32 Å². The fourth-order valence-corrected chi connectivity index (χ4v) is 4.05. The summed E-state index contributed by atoms with van der Waals surface area (Å²) in [4.78, 5) is 12.2. The van der Waals surface area contributed by atoms with Gasteiger partial charge in [0.1, 0.15) is 6.61 Å². The molecular formula is C22H23NO3. The van der Waals surface area contributed by atoms with Crippen LogP contribution in [0.2, 0.25) is 0 Å². The molecule has 0 aliphatic heterocycles. The molecule has 2 aromatic rings. The van der Waals surface area contributed by atoms with Crippen LogP contribution in [-0.2, 0) is 4.74 Å². The van der Waals surface area contributed by atoms with Crippen molar-refractivity contribution in [3.8, 4) is 11.1 Å². The number of nitrogens with one attached hydrogen (secondary N) is 1. The molecule has 1 fully saturated rings. The van der Waals surface area contributed by atoms with Gasteiger partial charge in [-0.15, -0.1) is 6.58 Å². The van der Waals surface area contributed by atoms with Crippen molar-refractivity contribution in [3.63, 3.8) is 0 Å². The van der Waals surface area contributed by atoms with Gasteiger partial charge in [0.15, 0.2) is 0 Å². The zero-order chi connectivity index (χ0) is 18.1. The van der Waals surface area contributed by atoms with E-state index in [0.29, 0.717) is 13.2 Å². The Bertz CT molecular complexity index is 801. The second kappa shape index (κ2) is 6.61. The highest BCUT2D eigenvalue weighted by atomic mass is 16.5. The molecule has 4 heteroatoms. The summed E-state index contributed by atoms with van der Waals surface area (Å²) in [5.74, 6) is 0.322. The predicted octanol–water partition coefficient (Wildman–Crippen LogP) is 3.71. The quantitative estimate of drug-likeness (QED) is 0.782. The fourth-order valence-electron chi connectivity index (χ4n) is 4.05. The number of ether oxygens (including phenoxy) is 1. The standard InChI is InChI=1S/C22H23NO3/c1-2-15-11-22(15,14-24)13-23-21(25)26-12-20-18-9-5-3-7-16(18)17-8-4-6-10-19(17)20/h2-10,15,20,24H,1,11-14H2,(H,23,25)/t15-,22-/m0/s1. The summed E-state index contributed by atoms with van der Waals surface area (Å²) in [6, 6.07) is 16.5. The number of benzene rings is 2. The van der Waals surface area contributed by atoms with Gasteiger partial charge in [0, 0.05) is 17.9 Å². The Balaban J connectivity index is 1.40. The van der Waals surface area contributed by atoms with E-state index in [1.807, 2.05) is 30.3 Å². The highest BCUT2D eigenvalue weighted by Gasteiger charge is 2.51. The monoisotopic (exact) mass is 349 g/mol. The minimum atomic E-state index is -0.436. The largest absolute Gasteiger partial charge is 0.449 e. The lowest BCUT2D eigenvalue weighted by Crippen LogP contribution is -2.34. The molecule has 0 unspecified atom stereocenters. The van der Waals surface area contributed by atoms with Gasteiger partial charge < -0.3 is 15.2 Å². The third-order valence-corrected chi connectivity index (χ3v) is 5.78. The zero-order valence-corrected chi connectivity index (χ0v) is 14.7. The first-order valence-corrected chi connectivity index (χ1v) is 9.01. The molecule has 2 aromatic carbocycles. The van der Waals surface area contributed by atoms with Gasteiger partial charge in [0.25, 0.3) is 0 Å². The number of allylic oxidation sites excluding steroid dienone is 1. The van der Waals surface area contributed by atoms with Gasteiger partial charge >= 0.3 is 6.09 Å². The van der Waals surface area contributed by atoms with Crippen LogP contribution in [0.4, 0.5) is 4.79 Å². The van der Waals surface area contributed by atoms with Gasteiger partial charge in [-0.05, 0) is 34.6 Å². The van der Waals surface area contributed by atoms with Crippen molar-refractivity contribution in [3.05, 3.63) is 72.3 Å². The molecule has 1 amide bonds. The van der Waals surface area contributed by atoms with Gasteiger partial charge in [-0.3, -0.25) is 0 Å². The Kier molecular flexibility index (Phi) is 4.29. The van der Waals surface area contributed by atoms with Gasteiger partial charge in [-0.25, -0.2) is 4.79 Å². The SMILES string of the molecule is C=C[C@H]1C[C@@]1(CO)CNC(=O)OCC1c2ccccc2-c2ccccc21. The molecule has 0 radical (unpaired) electrons. The molecule has 2 atom stereocenters. The van der Waals surface area contributed by atoms with Crippen molar-refractivity contribution in [1.29, 1.82) is 0 Å². The Labute approximate surface area is 153 Å². The Morgan fingerprint density at radius 3 is 2.35 bits per heavy atom. The van der Waals surface area contributed by atoms with E-state index in [0.717, 1.165) is 6.42 Å². The van der Waals surface area contributed by atoms with E-state index in [4.69, 9.17) is 4.74 Å². The predicted molar refractivity (Wildman–Crippen MR) is 101 cm³/mol. The van der Waals surface area contributed by atoms with E-state index in [9.17, 15) is 9.90 Å². The van der Waals surface area contributed by atoms with Gasteiger partial charge in [0.05, 0.1) is 6.61 Å². The summed E-state index contributed by atoms with van der Waals surface area (Å²) < 4.78 is 5.52. The van der Waals surface area contributed by atoms with Gasteiger partial charge in [-0.2, -0.15) is 0 Å². The fraction of sp³-hybridized carbons (Fsp3) is 0.318. The van der Waals surface area contributed by atoms with Crippen LogP contribution in [0.25, 0.3) is 11.1 Å². The number of amides is 1. The summed E-state index contributed by atoms with van der Waals surface area (Å²) in [6.07, 6.45) is 2.26. The van der Waals surface area contributed by atoms with E-state index in [2.05, 4.69) is 36.2 Å². The van der Waals surface area contributed by atoms with Crippen molar-refractivity contribution >= 4 is 6.09 Å². The molecule has 134 valence electrons. The first-order valence-electron chi connectivity index (χ1n) is 9.01. The van der Waals surface area contributed by atoms with Crippen molar-refractivity contribution in [2.24, 2.45) is 11.3 Å². The van der Waals surface area contributed by atoms with Crippen LogP contribution in [-0.4, -0.2) is 31.0 Å². The van der Waals surface area contributed by atoms with Crippen LogP contribution in [0.5, 0.6) is 0 Å². The molecule has 0 bridgehead atoms. The summed E-state index contributed by atoms with van der Waals surface area (Å²) in [7, 11) is 0. The van der Waals surface area contributed by atoms with Crippen molar-refractivity contribution < 1.29 is 14.6 Å². The average molecular weight is 349 g/mol. The van der Waals surface area contributed by atoms with E-state index in [-0.39, 0.29) is 23.9 Å². The zero-order valence-electron chi connectivity index (χ0n) is 14.7. The lowest BCUT2D eigenvalue weighted by molar-refractivity contribution is 0.135. The number of fused-ring (bicyclic) bond motifs is 3. The number of hydrogen-bond donors (Lipinski definition) is 2. The van der Waals surface area contributed by atoms with Crippen LogP contribution in [0.1, 0.15) is 23.5 Å². The molecular weight excluding hydrogens is 326 g/mol. The Hall–Kier alpha value is -2.59. The van der Waals surface area contributed by atoms with Crippen LogP contribution >= 0.6 is 0 Å². The number of aliphatic hydroxyl groups excluding tert-OH is 1. The summed E-state index contributed by atoms with van der Waals surface area (Å²) >= 11 is 0. The molecule has 4 nitrogen and oxygen atoms in total. The second-order valence-corrected chi connectivity index (χ2v) is 7.25. The maximum atomic E-state index is 12.2. The highest BCUT2D eigenvalue weighted by molar-refractivity contribution is 5.79. The van der Waals surface area contributed by atoms with Crippen molar-refractivity contribution in [2.75, 3.05) is 19.8 Å². The van der Waals surface area contributed by atoms with Gasteiger partial charge in [-0.1, -0.05) is 54.6 Å². The minimum absolute atomic E-state index is 0.0490. The minimum Gasteiger partial charge on any atom is -0.449 e. The lowest BCUT2D eigenvalue weighted by Gasteiger charge is -2.17. The topological polar surface area (TPSA) is 58.6 Å². The third-order valence-electron chi connectivity index (χ3n) is 5.78. The highest BCUT2D eigenvalue weighted by Crippen LogP contribution is 2.52. The maximum Gasteiger partial charge on any atom is 0.407 e. The molecule has 2 N–H and O–H groups in total. The van der Waals surface area contributed by atoms with Crippen molar-refractivity contribution in [2.45, 2.75) is 12.3 Å². The lowest BCUT2D eigenvalue weighted by atomic mass is 9.98. The number of alkyl carbamates (subject to hydrolysis) is 1. The van der Waals surface area contributed by atoms with E-state index in [1.165, 1.54) is 22.3 Å². The molecule has 0 spiro atoms. The average Bonchev–Trinajstić information content (AvgIpc) is 3.32. The van der Waals surface area contributed by atoms with Crippen LogP contribution in [0.15, 0.2) is 61.2 Å². The van der Waals surface area contributed by atoms with E-state index >= 15 is 0 Å². The first-order chi connectivity index (χ1) is 12.7. The molecule has 26 heavy (non-hydrogen) atoms. The van der Waals surface area contributed by atoms with Crippen LogP contribution in [0.3, 0.4) is 0 Å². The molecule has 0 saturated heterocycles. The third kappa shape index (κ3) is 2.80. The number of aliphatic hydroxyl groups is 1. The Morgan fingerprint density at radius 2 is 1.81 bits per heavy atom. The summed E-state index contributed by atoms with van der Waals surface area (Å²) in [5.41, 5.74) is 4.56. The maximum absolute atomic E-state index is 12.2. The molecule has 4 rings (SSSR count). The number of carbonyl (C=O) groups excluding carboxylic acids is 1. The summed E-state index contributed by atoms with van der Waals surface area (Å²) in [6.45, 7) is 4.53. The van der Waals surface area contributed by atoms with Gasteiger partial charge in [0.2, 0.25) is 0 Å². The number of carbonyl (C=O) groups is 1. The number of rotatable bonds is 6. The molecule has 0 heterocycles. The second-order valence-electron chi connectivity index (χ2n) is 7.25. The Morgan fingerprint density at radius 1 is 1.19 bits per heavy atom. The van der Waals surface area contributed by atoms with Crippen LogP contribution in [0, 0.1) is 11.3 Å². The van der Waals surface area contributed by atoms with Crippen molar-refractivity contribution in [1.82, 2.24) is 5.32 Å². The molecule has 0 aromatic heterocycles. The summed E-state index contributed by atoms with van der Waals surface area (Å²) in [5, 5.41) is 12.4. The molecule has 1 saturated carbocycles. The first kappa shape index (κ1) is 16.9. The molecule has 2 aliphatic carbocycles. The number of hydrogen-bond acceptors (Lipinski definition) is 3. The van der Waals surface area contributed by atoms with E-state index < -0.39 is 6.09 Å². The molecule has 2 aliphatic rings. The van der Waals surface area contributed by atoms with E-state index in [1.54, 1.807) is 0 Å². The smallest absolute Gasteiger partial charge is 0.407 e. The normalized spacial score (nSPS) is 23.0.